The van der Waals surface area contributed by atoms with Crippen LogP contribution in [-0.4, -0.2) is 34.1 Å². The summed E-state index contributed by atoms with van der Waals surface area (Å²) in [7, 11) is 3.50. The molecule has 2 aliphatic rings. The van der Waals surface area contributed by atoms with Gasteiger partial charge in [-0.15, -0.1) is 5.10 Å². The third-order valence-corrected chi connectivity index (χ3v) is 6.82. The number of rotatable bonds is 4. The molecule has 7 nitrogen and oxygen atoms in total. The minimum atomic E-state index is -0.653. The van der Waals surface area contributed by atoms with Crippen molar-refractivity contribution in [2.24, 2.45) is 7.05 Å². The zero-order valence-corrected chi connectivity index (χ0v) is 19.1. The molecule has 32 heavy (non-hydrogen) atoms. The van der Waals surface area contributed by atoms with Gasteiger partial charge in [0, 0.05) is 30.0 Å². The number of halogens is 1. The maximum atomic E-state index is 14.1. The minimum Gasteiger partial charge on any atom is -0.497 e. The highest BCUT2D eigenvalue weighted by Crippen LogP contribution is 2.52. The summed E-state index contributed by atoms with van der Waals surface area (Å²) in [5.74, 6) is 0.914. The number of ether oxygens (including phenoxy) is 1. The standard InChI is InChI=1S/C24H26ClN5O2/c1-15-11-24(12-20(26-15)21-14-29(2)28-27-21)19-10-17(25)6-9-22(19)30(23(24)31)13-16-4-7-18(32-3)8-5-16/h4-10,14-15,20,26H,11-13H2,1-3H3/t15-,20-,24+/m0/s1. The highest BCUT2D eigenvalue weighted by Gasteiger charge is 2.54. The van der Waals surface area contributed by atoms with Gasteiger partial charge in [-0.2, -0.15) is 0 Å². The Balaban J connectivity index is 1.55. The summed E-state index contributed by atoms with van der Waals surface area (Å²) >= 11 is 6.42. The number of methoxy groups -OCH3 is 1. The number of nitrogens with zero attached hydrogens (tertiary/aromatic N) is 4. The molecule has 3 atom stereocenters. The number of aromatic nitrogens is 3. The molecule has 1 fully saturated rings. The Bertz CT molecular complexity index is 1160. The van der Waals surface area contributed by atoms with Gasteiger partial charge in [0.05, 0.1) is 30.8 Å². The van der Waals surface area contributed by atoms with Gasteiger partial charge in [-0.3, -0.25) is 9.48 Å². The van der Waals surface area contributed by atoms with Gasteiger partial charge in [0.1, 0.15) is 5.75 Å². The molecule has 166 valence electrons. The molecule has 8 heteroatoms. The Kier molecular flexibility index (Phi) is 5.18. The van der Waals surface area contributed by atoms with E-state index in [-0.39, 0.29) is 18.0 Å². The third-order valence-electron chi connectivity index (χ3n) is 6.59. The van der Waals surface area contributed by atoms with E-state index in [9.17, 15) is 4.79 Å². The SMILES string of the molecule is COc1ccc(CN2C(=O)[C@]3(C[C@@H](c4cn(C)nn4)N[C@@H](C)C3)c3cc(Cl)ccc32)cc1. The lowest BCUT2D eigenvalue weighted by molar-refractivity contribution is -0.125. The number of hydrogen-bond acceptors (Lipinski definition) is 5. The van der Waals surface area contributed by atoms with Crippen molar-refractivity contribution in [3.8, 4) is 5.75 Å². The molecule has 0 aliphatic carbocycles. The Morgan fingerprint density at radius 3 is 2.69 bits per heavy atom. The first-order valence-corrected chi connectivity index (χ1v) is 11.1. The molecule has 0 unspecified atom stereocenters. The van der Waals surface area contributed by atoms with E-state index in [1.807, 2.05) is 60.6 Å². The van der Waals surface area contributed by atoms with E-state index in [1.54, 1.807) is 11.8 Å². The van der Waals surface area contributed by atoms with Gasteiger partial charge < -0.3 is 15.0 Å². The van der Waals surface area contributed by atoms with E-state index in [1.165, 1.54) is 0 Å². The van der Waals surface area contributed by atoms with Crippen molar-refractivity contribution < 1.29 is 9.53 Å². The van der Waals surface area contributed by atoms with Gasteiger partial charge >= 0.3 is 0 Å². The van der Waals surface area contributed by atoms with Gasteiger partial charge in [-0.05, 0) is 61.2 Å². The summed E-state index contributed by atoms with van der Waals surface area (Å²) in [6, 6.07) is 13.7. The quantitative estimate of drug-likeness (QED) is 0.653. The molecular weight excluding hydrogens is 426 g/mol. The van der Waals surface area contributed by atoms with Crippen LogP contribution in [0.5, 0.6) is 5.75 Å². The van der Waals surface area contributed by atoms with Crippen molar-refractivity contribution in [2.75, 3.05) is 12.0 Å². The van der Waals surface area contributed by atoms with Crippen LogP contribution in [0, 0.1) is 0 Å². The largest absolute Gasteiger partial charge is 0.497 e. The monoisotopic (exact) mass is 451 g/mol. The van der Waals surface area contributed by atoms with Crippen molar-refractivity contribution in [1.29, 1.82) is 0 Å². The average molecular weight is 452 g/mol. The Labute approximate surface area is 192 Å². The topological polar surface area (TPSA) is 72.3 Å². The maximum absolute atomic E-state index is 14.1. The summed E-state index contributed by atoms with van der Waals surface area (Å²) in [5.41, 5.74) is 3.18. The fraction of sp³-hybridized carbons (Fsp3) is 0.375. The van der Waals surface area contributed by atoms with E-state index >= 15 is 0 Å². The van der Waals surface area contributed by atoms with Crippen LogP contribution in [0.1, 0.15) is 42.6 Å². The summed E-state index contributed by atoms with van der Waals surface area (Å²) in [6.07, 6.45) is 3.23. The molecule has 1 spiro atoms. The molecule has 3 aromatic rings. The van der Waals surface area contributed by atoms with Crippen molar-refractivity contribution >= 4 is 23.2 Å². The van der Waals surface area contributed by atoms with Gasteiger partial charge in [-0.25, -0.2) is 0 Å². The number of carbonyl (C=O) groups excluding carboxylic acids is 1. The lowest BCUT2D eigenvalue weighted by Crippen LogP contribution is -2.51. The predicted octanol–water partition coefficient (Wildman–Crippen LogP) is 3.77. The molecule has 3 heterocycles. The van der Waals surface area contributed by atoms with Crippen LogP contribution in [0.3, 0.4) is 0 Å². The molecule has 2 aromatic carbocycles. The van der Waals surface area contributed by atoms with E-state index in [2.05, 4.69) is 22.6 Å². The fourth-order valence-electron chi connectivity index (χ4n) is 5.21. The Morgan fingerprint density at radius 1 is 1.22 bits per heavy atom. The van der Waals surface area contributed by atoms with E-state index in [0.717, 1.165) is 28.3 Å². The minimum absolute atomic E-state index is 0.0656. The molecule has 2 aliphatic heterocycles. The first-order chi connectivity index (χ1) is 15.4. The maximum Gasteiger partial charge on any atom is 0.238 e. The van der Waals surface area contributed by atoms with Crippen LogP contribution in [0.25, 0.3) is 0 Å². The summed E-state index contributed by atoms with van der Waals surface area (Å²) in [4.78, 5) is 16.0. The third kappa shape index (κ3) is 3.45. The van der Waals surface area contributed by atoms with Crippen molar-refractivity contribution in [3.05, 3.63) is 70.5 Å². The molecule has 1 saturated heterocycles. The van der Waals surface area contributed by atoms with Crippen LogP contribution in [-0.2, 0) is 23.8 Å². The first-order valence-electron chi connectivity index (χ1n) is 10.8. The summed E-state index contributed by atoms with van der Waals surface area (Å²) < 4.78 is 6.97. The van der Waals surface area contributed by atoms with E-state index in [0.29, 0.717) is 24.4 Å². The highest BCUT2D eigenvalue weighted by molar-refractivity contribution is 6.31. The molecule has 0 bridgehead atoms. The Morgan fingerprint density at radius 2 is 2.00 bits per heavy atom. The second kappa shape index (κ2) is 7.90. The molecule has 1 amide bonds. The number of aryl methyl sites for hydroxylation is 1. The van der Waals surface area contributed by atoms with Crippen molar-refractivity contribution in [3.63, 3.8) is 0 Å². The van der Waals surface area contributed by atoms with Gasteiger partial charge in [0.2, 0.25) is 5.91 Å². The zero-order valence-electron chi connectivity index (χ0n) is 18.4. The second-order valence-corrected chi connectivity index (χ2v) is 9.27. The summed E-state index contributed by atoms with van der Waals surface area (Å²) in [5, 5.41) is 12.7. The van der Waals surface area contributed by atoms with Gasteiger partial charge in [0.25, 0.3) is 0 Å². The number of nitrogens with one attached hydrogen (secondary N) is 1. The fourth-order valence-corrected chi connectivity index (χ4v) is 5.38. The predicted molar refractivity (Wildman–Crippen MR) is 123 cm³/mol. The number of hydrogen-bond donors (Lipinski definition) is 1. The van der Waals surface area contributed by atoms with E-state index < -0.39 is 5.41 Å². The van der Waals surface area contributed by atoms with E-state index in [4.69, 9.17) is 16.3 Å². The molecule has 1 aromatic heterocycles. The number of fused-ring (bicyclic) bond motifs is 2. The molecule has 0 radical (unpaired) electrons. The summed E-state index contributed by atoms with van der Waals surface area (Å²) in [6.45, 7) is 2.62. The lowest BCUT2D eigenvalue weighted by Gasteiger charge is -2.40. The van der Waals surface area contributed by atoms with Crippen LogP contribution >= 0.6 is 11.6 Å². The molecule has 1 N–H and O–H groups in total. The number of anilines is 1. The Hall–Kier alpha value is -2.90. The van der Waals surface area contributed by atoms with Crippen LogP contribution in [0.4, 0.5) is 5.69 Å². The average Bonchev–Trinajstić information content (AvgIpc) is 3.30. The molecule has 0 saturated carbocycles. The van der Waals surface area contributed by atoms with Gasteiger partial charge in [0.15, 0.2) is 0 Å². The van der Waals surface area contributed by atoms with Crippen LogP contribution in [0.15, 0.2) is 48.7 Å². The molecular formula is C24H26ClN5O2. The number of benzene rings is 2. The zero-order chi connectivity index (χ0) is 22.5. The second-order valence-electron chi connectivity index (χ2n) is 8.83. The first kappa shape index (κ1) is 21.0. The van der Waals surface area contributed by atoms with Crippen LogP contribution in [0.2, 0.25) is 5.02 Å². The number of piperidine rings is 1. The highest BCUT2D eigenvalue weighted by atomic mass is 35.5. The van der Waals surface area contributed by atoms with Crippen LogP contribution < -0.4 is 15.0 Å². The lowest BCUT2D eigenvalue weighted by atomic mass is 9.69. The number of carbonyl (C=O) groups is 1. The van der Waals surface area contributed by atoms with Crippen molar-refractivity contribution in [2.45, 2.75) is 43.8 Å². The number of amides is 1. The normalized spacial score (nSPS) is 24.8. The van der Waals surface area contributed by atoms with Crippen molar-refractivity contribution in [1.82, 2.24) is 20.3 Å². The molecule has 5 rings (SSSR count). The smallest absolute Gasteiger partial charge is 0.238 e. The van der Waals surface area contributed by atoms with Gasteiger partial charge in [-0.1, -0.05) is 28.9 Å².